The molecule has 6 unspecified atom stereocenters. The van der Waals surface area contributed by atoms with Crippen molar-refractivity contribution in [2.75, 3.05) is 19.8 Å². The summed E-state index contributed by atoms with van der Waals surface area (Å²) in [5.74, 6) is -0.478. The molecule has 13 heteroatoms. The molecule has 372 valence electrons. The van der Waals surface area contributed by atoms with Gasteiger partial charge in [-0.1, -0.05) is 199 Å². The van der Waals surface area contributed by atoms with Gasteiger partial charge in [-0.15, -0.1) is 0 Å². The smallest absolute Gasteiger partial charge is 0.457 e. The minimum atomic E-state index is -5.02. The summed E-state index contributed by atoms with van der Waals surface area (Å²) in [6.45, 7) is 4.27. The van der Waals surface area contributed by atoms with Crippen molar-refractivity contribution < 1.29 is 58.3 Å². The Morgan fingerprint density at radius 2 is 0.889 bits per heavy atom. The summed E-state index contributed by atoms with van der Waals surface area (Å²) in [5, 5.41) is 50.3. The molecule has 6 atom stereocenters. The zero-order valence-electron chi connectivity index (χ0n) is 39.9. The van der Waals surface area contributed by atoms with Crippen LogP contribution >= 0.6 is 7.82 Å². The number of carbonyl (C=O) groups excluding carboxylic acids is 1. The van der Waals surface area contributed by atoms with Crippen molar-refractivity contribution in [1.82, 2.24) is 0 Å². The number of phosphoric acid groups is 1. The monoisotopic (exact) mass is 919 g/mol. The van der Waals surface area contributed by atoms with Gasteiger partial charge in [0.05, 0.1) is 13.2 Å². The Labute approximate surface area is 383 Å². The maximum Gasteiger partial charge on any atom is 0.472 e. The fourth-order valence-electron chi connectivity index (χ4n) is 7.98. The maximum atomic E-state index is 12.8. The van der Waals surface area contributed by atoms with Crippen LogP contribution in [-0.2, 0) is 27.9 Å². The highest BCUT2D eigenvalue weighted by Gasteiger charge is 2.51. The number of hydrogen-bond donors (Lipinski definition) is 6. The molecular weight excluding hydrogens is 824 g/mol. The van der Waals surface area contributed by atoms with Crippen LogP contribution in [0, 0.1) is 0 Å². The van der Waals surface area contributed by atoms with Crippen molar-refractivity contribution in [2.24, 2.45) is 0 Å². The lowest BCUT2D eigenvalue weighted by molar-refractivity contribution is -0.220. The van der Waals surface area contributed by atoms with Crippen molar-refractivity contribution >= 4 is 13.8 Å². The summed E-state index contributed by atoms with van der Waals surface area (Å²) >= 11 is 0. The van der Waals surface area contributed by atoms with E-state index in [0.29, 0.717) is 13.0 Å². The Hall–Kier alpha value is -1.18. The summed E-state index contributed by atoms with van der Waals surface area (Å²) in [7, 11) is -5.02. The van der Waals surface area contributed by atoms with Gasteiger partial charge in [-0.2, -0.15) is 0 Å². The highest BCUT2D eigenvalue weighted by atomic mass is 31.2. The van der Waals surface area contributed by atoms with Crippen LogP contribution in [0.2, 0.25) is 0 Å². The number of esters is 1. The van der Waals surface area contributed by atoms with Gasteiger partial charge in [0.1, 0.15) is 42.7 Å². The molecule has 0 radical (unpaired) electrons. The Balaban J connectivity index is 2.34. The van der Waals surface area contributed by atoms with E-state index in [1.807, 2.05) is 0 Å². The van der Waals surface area contributed by atoms with Crippen molar-refractivity contribution in [3.8, 4) is 0 Å². The lowest BCUT2D eigenvalue weighted by Crippen LogP contribution is -2.64. The van der Waals surface area contributed by atoms with Gasteiger partial charge < -0.3 is 39.9 Å². The Morgan fingerprint density at radius 3 is 1.37 bits per heavy atom. The number of ether oxygens (including phenoxy) is 2. The Morgan fingerprint density at radius 1 is 0.508 bits per heavy atom. The highest BCUT2D eigenvalue weighted by Crippen LogP contribution is 2.47. The Kier molecular flexibility index (Phi) is 39.0. The SMILES string of the molecule is CCCCC/C=C\C/C=C\CCCCCCCCCCCC(=O)OC(COCCCCCCCCCCCCCCCCCCC)COP(=O)(O)OC1C(O)C(O)C(O)C(O)C1O. The van der Waals surface area contributed by atoms with E-state index in [1.165, 1.54) is 148 Å². The molecular formula is C50H95O12P. The highest BCUT2D eigenvalue weighted by molar-refractivity contribution is 7.47. The average Bonchev–Trinajstić information content (AvgIpc) is 3.27. The number of unbranched alkanes of at least 4 members (excludes halogenated alkanes) is 28. The maximum absolute atomic E-state index is 12.8. The molecule has 0 spiro atoms. The zero-order valence-corrected chi connectivity index (χ0v) is 40.8. The molecule has 1 fully saturated rings. The second-order valence-electron chi connectivity index (χ2n) is 18.0. The number of phosphoric ester groups is 1. The summed E-state index contributed by atoms with van der Waals surface area (Å²) in [5.41, 5.74) is 0. The number of carbonyl (C=O) groups is 1. The minimum Gasteiger partial charge on any atom is -0.457 e. The number of allylic oxidation sites excluding steroid dienone is 4. The molecule has 0 aromatic rings. The lowest BCUT2D eigenvalue weighted by atomic mass is 9.85. The summed E-state index contributed by atoms with van der Waals surface area (Å²) in [4.78, 5) is 23.2. The molecule has 0 aliphatic heterocycles. The van der Waals surface area contributed by atoms with Crippen LogP contribution in [0.25, 0.3) is 0 Å². The first-order valence-corrected chi connectivity index (χ1v) is 27.2. The van der Waals surface area contributed by atoms with Crippen LogP contribution in [0.15, 0.2) is 24.3 Å². The van der Waals surface area contributed by atoms with Crippen molar-refractivity contribution in [3.63, 3.8) is 0 Å². The second-order valence-corrected chi connectivity index (χ2v) is 19.4. The predicted molar refractivity (Wildman–Crippen MR) is 253 cm³/mol. The predicted octanol–water partition coefficient (Wildman–Crippen LogP) is 11.3. The van der Waals surface area contributed by atoms with Crippen LogP contribution in [0.1, 0.15) is 226 Å². The normalized spacial score (nSPS) is 22.0. The molecule has 6 N–H and O–H groups in total. The van der Waals surface area contributed by atoms with Gasteiger partial charge in [-0.05, 0) is 44.9 Å². The molecule has 12 nitrogen and oxygen atoms in total. The first-order chi connectivity index (χ1) is 30.5. The summed E-state index contributed by atoms with van der Waals surface area (Å²) in [6.07, 6.45) is 35.2. The molecule has 1 saturated carbocycles. The third-order valence-corrected chi connectivity index (χ3v) is 13.1. The minimum absolute atomic E-state index is 0.0737. The van der Waals surface area contributed by atoms with E-state index in [-0.39, 0.29) is 13.0 Å². The molecule has 0 saturated heterocycles. The Bertz CT molecular complexity index is 1140. The van der Waals surface area contributed by atoms with Gasteiger partial charge in [0.15, 0.2) is 0 Å². The first-order valence-electron chi connectivity index (χ1n) is 25.7. The third-order valence-electron chi connectivity index (χ3n) is 12.1. The van der Waals surface area contributed by atoms with E-state index in [1.54, 1.807) is 0 Å². The fourth-order valence-corrected chi connectivity index (χ4v) is 8.95. The number of rotatable bonds is 44. The van der Waals surface area contributed by atoms with E-state index < -0.39 is 63.1 Å². The molecule has 1 rings (SSSR count). The molecule has 1 aliphatic rings. The molecule has 0 bridgehead atoms. The largest absolute Gasteiger partial charge is 0.472 e. The van der Waals surface area contributed by atoms with Crippen LogP contribution < -0.4 is 0 Å². The van der Waals surface area contributed by atoms with Crippen LogP contribution in [-0.4, -0.2) is 98.9 Å². The number of aliphatic hydroxyl groups is 5. The van der Waals surface area contributed by atoms with Crippen molar-refractivity contribution in [2.45, 2.75) is 268 Å². The van der Waals surface area contributed by atoms with Gasteiger partial charge in [-0.25, -0.2) is 4.57 Å². The summed E-state index contributed by atoms with van der Waals surface area (Å²) < 4.78 is 34.3. The van der Waals surface area contributed by atoms with E-state index in [4.69, 9.17) is 18.5 Å². The average molecular weight is 919 g/mol. The lowest BCUT2D eigenvalue weighted by Gasteiger charge is -2.41. The molecule has 0 aromatic heterocycles. The van der Waals surface area contributed by atoms with E-state index in [0.717, 1.165) is 51.4 Å². The van der Waals surface area contributed by atoms with Gasteiger partial charge in [0.2, 0.25) is 0 Å². The van der Waals surface area contributed by atoms with Gasteiger partial charge in [0.25, 0.3) is 0 Å². The molecule has 0 amide bonds. The van der Waals surface area contributed by atoms with Gasteiger partial charge in [0, 0.05) is 13.0 Å². The summed E-state index contributed by atoms with van der Waals surface area (Å²) in [6, 6.07) is 0. The topological polar surface area (TPSA) is 192 Å². The number of aliphatic hydroxyl groups excluding tert-OH is 5. The molecule has 1 aliphatic carbocycles. The van der Waals surface area contributed by atoms with Gasteiger partial charge >= 0.3 is 13.8 Å². The van der Waals surface area contributed by atoms with Gasteiger partial charge in [-0.3, -0.25) is 13.8 Å². The zero-order chi connectivity index (χ0) is 46.2. The molecule has 0 aromatic carbocycles. The second kappa shape index (κ2) is 41.0. The van der Waals surface area contributed by atoms with E-state index >= 15 is 0 Å². The van der Waals surface area contributed by atoms with Crippen LogP contribution in [0.3, 0.4) is 0 Å². The van der Waals surface area contributed by atoms with Crippen LogP contribution in [0.4, 0.5) is 0 Å². The van der Waals surface area contributed by atoms with Crippen LogP contribution in [0.5, 0.6) is 0 Å². The molecule has 63 heavy (non-hydrogen) atoms. The van der Waals surface area contributed by atoms with Crippen molar-refractivity contribution in [3.05, 3.63) is 24.3 Å². The molecule has 0 heterocycles. The van der Waals surface area contributed by atoms with Crippen molar-refractivity contribution in [1.29, 1.82) is 0 Å². The quantitative estimate of drug-likeness (QED) is 0.0147. The fraction of sp³-hybridized carbons (Fsp3) is 0.900. The standard InChI is InChI=1S/C50H95O12P/c1-3-5-7-9-11-13-15-17-19-21-22-23-25-27-29-31-33-35-37-39-44(51)61-43(42-60-63(57,58)62-50-48(55)46(53)45(52)47(54)49(50)56)41-59-40-38-36-34-32-30-28-26-24-20-18-16-14-12-10-8-6-4-2/h11,13,17,19,43,45-50,52-56H,3-10,12,14-16,18,20-42H2,1-2H3,(H,57,58)/b13-11-,19-17-. The van der Waals surface area contributed by atoms with E-state index in [9.17, 15) is 39.8 Å². The first kappa shape index (κ1) is 59.8. The third kappa shape index (κ3) is 33.0. The number of hydrogen-bond acceptors (Lipinski definition) is 11. The van der Waals surface area contributed by atoms with E-state index in [2.05, 4.69) is 38.2 Å².